The second kappa shape index (κ2) is 6.72. The Bertz CT molecular complexity index is 596. The number of rotatable bonds is 6. The van der Waals surface area contributed by atoms with Crippen LogP contribution in [0, 0.1) is 5.82 Å². The third-order valence-corrected chi connectivity index (χ3v) is 3.50. The molecule has 5 heteroatoms. The van der Waals surface area contributed by atoms with Gasteiger partial charge in [0.25, 0.3) is 0 Å². The van der Waals surface area contributed by atoms with Crippen LogP contribution in [-0.4, -0.2) is 14.9 Å². The van der Waals surface area contributed by atoms with E-state index in [1.807, 2.05) is 16.9 Å². The molecule has 1 N–H and O–H groups in total. The molecule has 1 heterocycles. The molecule has 0 aliphatic heterocycles. The number of nitrogens with zero attached hydrogens (tertiary/aromatic N) is 2. The van der Waals surface area contributed by atoms with Crippen molar-refractivity contribution in [2.24, 2.45) is 0 Å². The maximum Gasteiger partial charge on any atom is 0.132 e. The molecule has 0 saturated carbocycles. The summed E-state index contributed by atoms with van der Waals surface area (Å²) in [6.07, 6.45) is 2.15. The average molecular weight is 292 g/mol. The average Bonchev–Trinajstić information content (AvgIpc) is 2.93. The second-order valence-electron chi connectivity index (χ2n) is 5.19. The van der Waals surface area contributed by atoms with Crippen molar-refractivity contribution in [2.45, 2.75) is 45.9 Å². The van der Waals surface area contributed by atoms with Gasteiger partial charge in [-0.3, -0.25) is 4.68 Å². The first-order valence-corrected chi connectivity index (χ1v) is 7.15. The summed E-state index contributed by atoms with van der Waals surface area (Å²) in [4.78, 5) is 0. The first-order valence-electron chi connectivity index (χ1n) is 7.15. The van der Waals surface area contributed by atoms with Crippen LogP contribution >= 0.6 is 0 Å². The summed E-state index contributed by atoms with van der Waals surface area (Å²) in [6.45, 7) is 6.08. The second-order valence-corrected chi connectivity index (χ2v) is 5.19. The lowest BCUT2D eigenvalue weighted by Gasteiger charge is -2.13. The maximum absolute atomic E-state index is 13.2. The Morgan fingerprint density at radius 2 is 2.10 bits per heavy atom. The SMILES string of the molecule is CCC(C)n1ccc(COc2ccc(F)cc2[C@@H](C)O)n1. The molecule has 2 atom stereocenters. The van der Waals surface area contributed by atoms with E-state index < -0.39 is 6.10 Å². The van der Waals surface area contributed by atoms with Crippen molar-refractivity contribution >= 4 is 0 Å². The number of aliphatic hydroxyl groups is 1. The number of hydrogen-bond acceptors (Lipinski definition) is 3. The number of ether oxygens (including phenoxy) is 1. The summed E-state index contributed by atoms with van der Waals surface area (Å²) < 4.78 is 20.8. The van der Waals surface area contributed by atoms with Crippen LogP contribution in [0.2, 0.25) is 0 Å². The van der Waals surface area contributed by atoms with E-state index in [0.717, 1.165) is 12.1 Å². The minimum Gasteiger partial charge on any atom is -0.487 e. The van der Waals surface area contributed by atoms with E-state index in [-0.39, 0.29) is 12.4 Å². The molecule has 0 radical (unpaired) electrons. The predicted octanol–water partition coefficient (Wildman–Crippen LogP) is 3.63. The molecule has 0 aliphatic carbocycles. The molecule has 114 valence electrons. The molecule has 0 fully saturated rings. The third kappa shape index (κ3) is 3.82. The van der Waals surface area contributed by atoms with E-state index in [2.05, 4.69) is 18.9 Å². The Balaban J connectivity index is 2.08. The number of hydrogen-bond donors (Lipinski definition) is 1. The van der Waals surface area contributed by atoms with Gasteiger partial charge in [0.05, 0.1) is 11.8 Å². The molecule has 0 bridgehead atoms. The molecule has 2 rings (SSSR count). The lowest BCUT2D eigenvalue weighted by Crippen LogP contribution is -2.06. The minimum atomic E-state index is -0.784. The molecular weight excluding hydrogens is 271 g/mol. The van der Waals surface area contributed by atoms with Gasteiger partial charge in [0.15, 0.2) is 0 Å². The van der Waals surface area contributed by atoms with Crippen LogP contribution < -0.4 is 4.74 Å². The van der Waals surface area contributed by atoms with Gasteiger partial charge in [-0.05, 0) is 44.5 Å². The Labute approximate surface area is 124 Å². The predicted molar refractivity (Wildman–Crippen MR) is 78.6 cm³/mol. The number of aliphatic hydroxyl groups excluding tert-OH is 1. The standard InChI is InChI=1S/C16H21FN2O2/c1-4-11(2)19-8-7-14(18-19)10-21-16-6-5-13(17)9-15(16)12(3)20/h5-9,11-12,20H,4,10H2,1-3H3/t11?,12-/m1/s1. The first kappa shape index (κ1) is 15.5. The monoisotopic (exact) mass is 292 g/mol. The highest BCUT2D eigenvalue weighted by Gasteiger charge is 2.12. The normalized spacial score (nSPS) is 14.0. The van der Waals surface area contributed by atoms with Gasteiger partial charge in [0.1, 0.15) is 18.2 Å². The highest BCUT2D eigenvalue weighted by atomic mass is 19.1. The highest BCUT2D eigenvalue weighted by Crippen LogP contribution is 2.26. The van der Waals surface area contributed by atoms with E-state index in [1.54, 1.807) is 6.92 Å². The van der Waals surface area contributed by atoms with Gasteiger partial charge in [-0.2, -0.15) is 5.10 Å². The number of aromatic nitrogens is 2. The van der Waals surface area contributed by atoms with Crippen molar-refractivity contribution in [1.29, 1.82) is 0 Å². The van der Waals surface area contributed by atoms with Crippen LogP contribution in [0.3, 0.4) is 0 Å². The fraction of sp³-hybridized carbons (Fsp3) is 0.438. The topological polar surface area (TPSA) is 47.3 Å². The van der Waals surface area contributed by atoms with E-state index in [9.17, 15) is 9.50 Å². The molecule has 2 aromatic rings. The van der Waals surface area contributed by atoms with Crippen molar-refractivity contribution < 1.29 is 14.2 Å². The van der Waals surface area contributed by atoms with Gasteiger partial charge in [0.2, 0.25) is 0 Å². The molecule has 1 unspecified atom stereocenters. The first-order chi connectivity index (χ1) is 10.0. The smallest absolute Gasteiger partial charge is 0.132 e. The van der Waals surface area contributed by atoms with Crippen LogP contribution in [0.25, 0.3) is 0 Å². The minimum absolute atomic E-state index is 0.286. The largest absolute Gasteiger partial charge is 0.487 e. The fourth-order valence-corrected chi connectivity index (χ4v) is 2.02. The van der Waals surface area contributed by atoms with Crippen molar-refractivity contribution in [3.8, 4) is 5.75 Å². The van der Waals surface area contributed by atoms with Gasteiger partial charge in [-0.15, -0.1) is 0 Å². The molecule has 0 saturated heterocycles. The number of halogens is 1. The molecule has 21 heavy (non-hydrogen) atoms. The van der Waals surface area contributed by atoms with E-state index in [0.29, 0.717) is 17.4 Å². The maximum atomic E-state index is 13.2. The van der Waals surface area contributed by atoms with Crippen molar-refractivity contribution in [3.63, 3.8) is 0 Å². The molecule has 1 aromatic heterocycles. The Hall–Kier alpha value is -1.88. The van der Waals surface area contributed by atoms with Crippen LogP contribution in [0.4, 0.5) is 4.39 Å². The van der Waals surface area contributed by atoms with Crippen LogP contribution in [0.1, 0.15) is 50.6 Å². The van der Waals surface area contributed by atoms with Crippen molar-refractivity contribution in [3.05, 3.63) is 47.5 Å². The van der Waals surface area contributed by atoms with Crippen LogP contribution in [0.5, 0.6) is 5.75 Å². The Morgan fingerprint density at radius 1 is 1.33 bits per heavy atom. The zero-order valence-electron chi connectivity index (χ0n) is 12.6. The molecule has 0 aliphatic rings. The van der Waals surface area contributed by atoms with Crippen LogP contribution in [0.15, 0.2) is 30.5 Å². The zero-order chi connectivity index (χ0) is 15.4. The Kier molecular flexibility index (Phi) is 4.96. The van der Waals surface area contributed by atoms with Crippen molar-refractivity contribution in [1.82, 2.24) is 9.78 Å². The quantitative estimate of drug-likeness (QED) is 0.884. The molecular formula is C16H21FN2O2. The Morgan fingerprint density at radius 3 is 2.76 bits per heavy atom. The van der Waals surface area contributed by atoms with E-state index >= 15 is 0 Å². The summed E-state index contributed by atoms with van der Waals surface area (Å²) in [5, 5.41) is 14.1. The van der Waals surface area contributed by atoms with Crippen molar-refractivity contribution in [2.75, 3.05) is 0 Å². The summed E-state index contributed by atoms with van der Waals surface area (Å²) in [7, 11) is 0. The fourth-order valence-electron chi connectivity index (χ4n) is 2.02. The van der Waals surface area contributed by atoms with E-state index in [1.165, 1.54) is 18.2 Å². The molecule has 1 aromatic carbocycles. The lowest BCUT2D eigenvalue weighted by atomic mass is 10.1. The highest BCUT2D eigenvalue weighted by molar-refractivity contribution is 5.35. The van der Waals surface area contributed by atoms with Gasteiger partial charge in [0, 0.05) is 17.8 Å². The van der Waals surface area contributed by atoms with E-state index in [4.69, 9.17) is 4.74 Å². The summed E-state index contributed by atoms with van der Waals surface area (Å²) in [6, 6.07) is 6.38. The summed E-state index contributed by atoms with van der Waals surface area (Å²) >= 11 is 0. The van der Waals surface area contributed by atoms with Gasteiger partial charge < -0.3 is 9.84 Å². The summed E-state index contributed by atoms with van der Waals surface area (Å²) in [5.74, 6) is 0.0868. The molecule has 4 nitrogen and oxygen atoms in total. The number of benzene rings is 1. The third-order valence-electron chi connectivity index (χ3n) is 3.50. The lowest BCUT2D eigenvalue weighted by molar-refractivity contribution is 0.189. The molecule has 0 amide bonds. The summed E-state index contributed by atoms with van der Waals surface area (Å²) in [5.41, 5.74) is 1.24. The zero-order valence-corrected chi connectivity index (χ0v) is 12.6. The molecule has 0 spiro atoms. The van der Waals surface area contributed by atoms with Gasteiger partial charge in [-0.1, -0.05) is 6.92 Å². The van der Waals surface area contributed by atoms with Gasteiger partial charge in [-0.25, -0.2) is 4.39 Å². The van der Waals surface area contributed by atoms with Gasteiger partial charge >= 0.3 is 0 Å². The van der Waals surface area contributed by atoms with Crippen LogP contribution in [-0.2, 0) is 6.61 Å².